The molecule has 1 aromatic carbocycles. The molecular weight excluding hydrogens is 332 g/mol. The van der Waals surface area contributed by atoms with E-state index in [1.165, 1.54) is 0 Å². The number of carbonyl (C=O) groups is 2. The SMILES string of the molecule is NC(=O)CC1CCC(O)([C@H](CC(O)[CH]Cc2ccccc2)C(N)=O)CC1. The molecule has 1 aliphatic rings. The van der Waals surface area contributed by atoms with Gasteiger partial charge in [-0.05, 0) is 56.4 Å². The lowest BCUT2D eigenvalue weighted by Crippen LogP contribution is -2.49. The highest BCUT2D eigenvalue weighted by Gasteiger charge is 2.43. The molecule has 26 heavy (non-hydrogen) atoms. The van der Waals surface area contributed by atoms with E-state index in [1.54, 1.807) is 6.42 Å². The van der Waals surface area contributed by atoms with Gasteiger partial charge >= 0.3 is 0 Å². The maximum Gasteiger partial charge on any atom is 0.223 e. The molecular formula is C20H29N2O4. The van der Waals surface area contributed by atoms with E-state index in [-0.39, 0.29) is 18.2 Å². The van der Waals surface area contributed by atoms with Crippen LogP contribution in [0.15, 0.2) is 30.3 Å². The number of primary amides is 2. The molecule has 2 amide bonds. The molecule has 1 unspecified atom stereocenters. The Morgan fingerprint density at radius 2 is 1.81 bits per heavy atom. The summed E-state index contributed by atoms with van der Waals surface area (Å²) in [7, 11) is 0. The molecule has 0 aliphatic heterocycles. The molecule has 0 aromatic heterocycles. The van der Waals surface area contributed by atoms with E-state index in [2.05, 4.69) is 0 Å². The van der Waals surface area contributed by atoms with Crippen LogP contribution in [0, 0.1) is 18.3 Å². The molecule has 1 aromatic rings. The van der Waals surface area contributed by atoms with Gasteiger partial charge in [-0.1, -0.05) is 30.3 Å². The van der Waals surface area contributed by atoms with Crippen molar-refractivity contribution in [2.24, 2.45) is 23.3 Å². The number of hydrogen-bond donors (Lipinski definition) is 4. The largest absolute Gasteiger partial charge is 0.393 e. The maximum absolute atomic E-state index is 11.9. The van der Waals surface area contributed by atoms with Crippen LogP contribution in [0.1, 0.15) is 44.1 Å². The van der Waals surface area contributed by atoms with Crippen molar-refractivity contribution in [3.05, 3.63) is 42.3 Å². The van der Waals surface area contributed by atoms with E-state index in [0.29, 0.717) is 38.5 Å². The molecule has 143 valence electrons. The number of aliphatic hydroxyl groups is 2. The fourth-order valence-electron chi connectivity index (χ4n) is 3.84. The van der Waals surface area contributed by atoms with Gasteiger partial charge in [-0.2, -0.15) is 0 Å². The van der Waals surface area contributed by atoms with Crippen LogP contribution in [0.25, 0.3) is 0 Å². The lowest BCUT2D eigenvalue weighted by Gasteiger charge is -2.40. The van der Waals surface area contributed by atoms with Crippen LogP contribution < -0.4 is 11.5 Å². The van der Waals surface area contributed by atoms with E-state index in [0.717, 1.165) is 5.56 Å². The predicted octanol–water partition coefficient (Wildman–Crippen LogP) is 1.08. The van der Waals surface area contributed by atoms with Crippen molar-refractivity contribution in [3.8, 4) is 0 Å². The van der Waals surface area contributed by atoms with Gasteiger partial charge in [0.15, 0.2) is 0 Å². The zero-order valence-corrected chi connectivity index (χ0v) is 15.0. The van der Waals surface area contributed by atoms with Gasteiger partial charge in [0.2, 0.25) is 11.8 Å². The smallest absolute Gasteiger partial charge is 0.223 e. The Morgan fingerprint density at radius 1 is 1.19 bits per heavy atom. The molecule has 6 nitrogen and oxygen atoms in total. The van der Waals surface area contributed by atoms with Gasteiger partial charge in [0.1, 0.15) is 0 Å². The zero-order valence-electron chi connectivity index (χ0n) is 15.0. The molecule has 1 aliphatic carbocycles. The number of benzene rings is 1. The molecule has 0 heterocycles. The summed E-state index contributed by atoms with van der Waals surface area (Å²) < 4.78 is 0. The molecule has 6 N–H and O–H groups in total. The average Bonchev–Trinajstić information content (AvgIpc) is 2.60. The van der Waals surface area contributed by atoms with Crippen LogP contribution in [-0.2, 0) is 16.0 Å². The van der Waals surface area contributed by atoms with Crippen molar-refractivity contribution in [2.45, 2.75) is 56.7 Å². The molecule has 1 saturated carbocycles. The first kappa shape index (κ1) is 20.4. The van der Waals surface area contributed by atoms with E-state index in [9.17, 15) is 19.8 Å². The minimum Gasteiger partial charge on any atom is -0.393 e. The zero-order chi connectivity index (χ0) is 19.2. The number of carbonyl (C=O) groups excluding carboxylic acids is 2. The summed E-state index contributed by atoms with van der Waals surface area (Å²) >= 11 is 0. The second kappa shape index (κ2) is 9.14. The Hall–Kier alpha value is -1.92. The highest BCUT2D eigenvalue weighted by atomic mass is 16.3. The van der Waals surface area contributed by atoms with E-state index >= 15 is 0 Å². The summed E-state index contributed by atoms with van der Waals surface area (Å²) in [6, 6.07) is 9.70. The van der Waals surface area contributed by atoms with Gasteiger partial charge in [0.25, 0.3) is 0 Å². The quantitative estimate of drug-likeness (QED) is 0.525. The first-order chi connectivity index (χ1) is 12.3. The summed E-state index contributed by atoms with van der Waals surface area (Å²) in [6.07, 6.45) is 3.86. The number of rotatable bonds is 9. The van der Waals surface area contributed by atoms with Gasteiger partial charge < -0.3 is 21.7 Å². The van der Waals surface area contributed by atoms with Crippen LogP contribution >= 0.6 is 0 Å². The summed E-state index contributed by atoms with van der Waals surface area (Å²) in [5, 5.41) is 21.3. The number of nitrogens with two attached hydrogens (primary N) is 2. The summed E-state index contributed by atoms with van der Waals surface area (Å²) in [5.41, 5.74) is 10.6. The first-order valence-corrected chi connectivity index (χ1v) is 9.15. The van der Waals surface area contributed by atoms with Crippen molar-refractivity contribution in [1.29, 1.82) is 0 Å². The molecule has 0 spiro atoms. The highest BCUT2D eigenvalue weighted by molar-refractivity contribution is 5.78. The van der Waals surface area contributed by atoms with Crippen LogP contribution in [0.2, 0.25) is 0 Å². The van der Waals surface area contributed by atoms with Crippen molar-refractivity contribution in [3.63, 3.8) is 0 Å². The second-order valence-electron chi connectivity index (χ2n) is 7.40. The van der Waals surface area contributed by atoms with Crippen LogP contribution in [0.5, 0.6) is 0 Å². The van der Waals surface area contributed by atoms with Gasteiger partial charge in [0, 0.05) is 6.42 Å². The number of amides is 2. The first-order valence-electron chi connectivity index (χ1n) is 9.15. The maximum atomic E-state index is 11.9. The number of hydrogen-bond acceptors (Lipinski definition) is 4. The van der Waals surface area contributed by atoms with Gasteiger partial charge in [-0.3, -0.25) is 9.59 Å². The van der Waals surface area contributed by atoms with Gasteiger partial charge in [0.05, 0.1) is 17.6 Å². The Bertz CT molecular complexity index is 597. The Labute approximate surface area is 154 Å². The predicted molar refractivity (Wildman–Crippen MR) is 98.5 cm³/mol. The van der Waals surface area contributed by atoms with Crippen molar-refractivity contribution < 1.29 is 19.8 Å². The van der Waals surface area contributed by atoms with E-state index in [1.807, 2.05) is 30.3 Å². The Balaban J connectivity index is 1.91. The van der Waals surface area contributed by atoms with Crippen molar-refractivity contribution in [1.82, 2.24) is 0 Å². The van der Waals surface area contributed by atoms with Crippen molar-refractivity contribution in [2.75, 3.05) is 0 Å². The minimum atomic E-state index is -1.23. The third-order valence-electron chi connectivity index (χ3n) is 5.40. The molecule has 6 heteroatoms. The van der Waals surface area contributed by atoms with Crippen LogP contribution in [0.3, 0.4) is 0 Å². The standard InChI is InChI=1S/C20H29N2O4/c21-18(24)12-15-8-10-20(26,11-9-15)17(19(22)25)13-16(23)7-6-14-4-2-1-3-5-14/h1-5,7,15-17,23,26H,6,8-13H2,(H2,21,24)(H2,22,25)/t15?,16?,17-,20?/m1/s1. The van der Waals surface area contributed by atoms with Crippen LogP contribution in [0.4, 0.5) is 0 Å². The summed E-state index contributed by atoms with van der Waals surface area (Å²) in [4.78, 5) is 23.0. The summed E-state index contributed by atoms with van der Waals surface area (Å²) in [5.74, 6) is -1.64. The molecule has 1 radical (unpaired) electrons. The Kier molecular flexibility index (Phi) is 7.17. The topological polar surface area (TPSA) is 127 Å². The normalized spacial score (nSPS) is 25.4. The molecule has 0 bridgehead atoms. The lowest BCUT2D eigenvalue weighted by molar-refractivity contribution is -0.139. The third-order valence-corrected chi connectivity index (χ3v) is 5.40. The molecule has 1 fully saturated rings. The second-order valence-corrected chi connectivity index (χ2v) is 7.40. The molecule has 0 saturated heterocycles. The summed E-state index contributed by atoms with van der Waals surface area (Å²) in [6.45, 7) is 0. The Morgan fingerprint density at radius 3 is 2.35 bits per heavy atom. The molecule has 2 rings (SSSR count). The number of aliphatic hydroxyl groups excluding tert-OH is 1. The van der Waals surface area contributed by atoms with Gasteiger partial charge in [-0.15, -0.1) is 0 Å². The van der Waals surface area contributed by atoms with Crippen molar-refractivity contribution >= 4 is 11.8 Å². The van der Waals surface area contributed by atoms with Crippen LogP contribution in [-0.4, -0.2) is 33.7 Å². The highest BCUT2D eigenvalue weighted by Crippen LogP contribution is 2.40. The van der Waals surface area contributed by atoms with Gasteiger partial charge in [-0.25, -0.2) is 0 Å². The van der Waals surface area contributed by atoms with E-state index in [4.69, 9.17) is 11.5 Å². The minimum absolute atomic E-state index is 0.0964. The van der Waals surface area contributed by atoms with E-state index < -0.39 is 23.5 Å². The monoisotopic (exact) mass is 361 g/mol. The third kappa shape index (κ3) is 5.81. The lowest BCUT2D eigenvalue weighted by atomic mass is 9.69. The molecule has 2 atom stereocenters. The average molecular weight is 361 g/mol. The fourth-order valence-corrected chi connectivity index (χ4v) is 3.84. The fraction of sp³-hybridized carbons (Fsp3) is 0.550.